The Hall–Kier alpha value is -1.66. The van der Waals surface area contributed by atoms with E-state index in [1.165, 1.54) is 60.8 Å². The topological polar surface area (TPSA) is 58.2 Å². The summed E-state index contributed by atoms with van der Waals surface area (Å²) in [5.74, 6) is -0.151. The highest BCUT2D eigenvalue weighted by Gasteiger charge is 2.43. The van der Waals surface area contributed by atoms with Crippen LogP contribution < -0.4 is 10.6 Å². The van der Waals surface area contributed by atoms with Crippen molar-refractivity contribution in [1.82, 2.24) is 0 Å². The molecule has 2 N–H and O–H groups in total. The van der Waals surface area contributed by atoms with Gasteiger partial charge in [0.25, 0.3) is 0 Å². The van der Waals surface area contributed by atoms with Crippen molar-refractivity contribution in [3.63, 3.8) is 0 Å². The molecule has 4 nitrogen and oxygen atoms in total. The maximum atomic E-state index is 11.9. The minimum atomic E-state index is -0.145. The second-order valence-corrected chi connectivity index (χ2v) is 11.5. The molecule has 3 rings (SSSR count). The second-order valence-electron chi connectivity index (χ2n) is 9.82. The maximum Gasteiger partial charge on any atom is 0.221 e. The summed E-state index contributed by atoms with van der Waals surface area (Å²) in [6.07, 6.45) is 11.7. The molecule has 35 heavy (non-hydrogen) atoms. The van der Waals surface area contributed by atoms with Gasteiger partial charge < -0.3 is 10.6 Å². The fraction of sp³-hybridized carbons (Fsp3) is 0.517. The van der Waals surface area contributed by atoms with Crippen molar-refractivity contribution in [2.24, 2.45) is 0 Å². The summed E-state index contributed by atoms with van der Waals surface area (Å²) in [5, 5.41) is 6.03. The molecular weight excluding hydrogens is 568 g/mol. The highest BCUT2D eigenvalue weighted by atomic mass is 79.9. The first kappa shape index (κ1) is 27.9. The quantitative estimate of drug-likeness (QED) is 0.237. The molecular formula is C29H38Br2N2O2. The van der Waals surface area contributed by atoms with Gasteiger partial charge in [0.15, 0.2) is 0 Å². The second kappa shape index (κ2) is 12.5. The predicted octanol–water partition coefficient (Wildman–Crippen LogP) is 9.34. The van der Waals surface area contributed by atoms with E-state index in [2.05, 4.69) is 80.6 Å². The average Bonchev–Trinajstić information content (AvgIpc) is 3.03. The zero-order valence-electron chi connectivity index (χ0n) is 21.5. The van der Waals surface area contributed by atoms with Gasteiger partial charge in [0.05, 0.1) is 11.4 Å². The van der Waals surface area contributed by atoms with Gasteiger partial charge in [-0.25, -0.2) is 0 Å². The Balaban J connectivity index is 2.21. The minimum absolute atomic E-state index is 0.0756. The number of carbonyl (C=O) groups excluding carboxylic acids is 2. The van der Waals surface area contributed by atoms with Crippen LogP contribution in [0.2, 0.25) is 0 Å². The number of carbonyl (C=O) groups is 2. The van der Waals surface area contributed by atoms with Crippen molar-refractivity contribution < 1.29 is 9.59 Å². The summed E-state index contributed by atoms with van der Waals surface area (Å²) in [7, 11) is 0. The molecule has 2 aromatic carbocycles. The number of unbranched alkanes of at least 4 members (excludes halogenated alkanes) is 6. The van der Waals surface area contributed by atoms with E-state index in [0.717, 1.165) is 46.0 Å². The Morgan fingerprint density at radius 1 is 0.686 bits per heavy atom. The molecule has 0 saturated heterocycles. The molecule has 1 aliphatic carbocycles. The van der Waals surface area contributed by atoms with Crippen LogP contribution in [0.25, 0.3) is 11.1 Å². The molecule has 2 aromatic rings. The van der Waals surface area contributed by atoms with E-state index in [1.807, 2.05) is 0 Å². The third-order valence-electron chi connectivity index (χ3n) is 7.07. The molecule has 0 atom stereocenters. The van der Waals surface area contributed by atoms with Crippen LogP contribution in [0.15, 0.2) is 33.2 Å². The van der Waals surface area contributed by atoms with Crippen molar-refractivity contribution in [3.8, 4) is 11.1 Å². The van der Waals surface area contributed by atoms with E-state index in [0.29, 0.717) is 0 Å². The molecule has 0 heterocycles. The van der Waals surface area contributed by atoms with Crippen molar-refractivity contribution >= 4 is 55.0 Å². The number of benzene rings is 2. The first-order valence-electron chi connectivity index (χ1n) is 13.0. The summed E-state index contributed by atoms with van der Waals surface area (Å²) in [4.78, 5) is 23.9. The van der Waals surface area contributed by atoms with Gasteiger partial charge >= 0.3 is 0 Å². The van der Waals surface area contributed by atoms with Crippen LogP contribution in [-0.4, -0.2) is 11.8 Å². The number of amides is 2. The number of hydrogen-bond acceptors (Lipinski definition) is 2. The molecule has 0 bridgehead atoms. The zero-order chi connectivity index (χ0) is 25.6. The Morgan fingerprint density at radius 2 is 1.09 bits per heavy atom. The van der Waals surface area contributed by atoms with Crippen LogP contribution in [0.4, 0.5) is 11.4 Å². The van der Waals surface area contributed by atoms with E-state index in [9.17, 15) is 9.59 Å². The lowest BCUT2D eigenvalue weighted by Crippen LogP contribution is -2.26. The SMILES string of the molecule is CCCCCCC1(CCCCCC)c2cc(NC(C)=O)c(Br)cc2-c2cc(Br)c(NC(C)=O)cc21. The summed E-state index contributed by atoms with van der Waals surface area (Å²) in [6.45, 7) is 7.59. The van der Waals surface area contributed by atoms with Gasteiger partial charge in [-0.15, -0.1) is 0 Å². The van der Waals surface area contributed by atoms with Gasteiger partial charge in [-0.05, 0) is 91.2 Å². The van der Waals surface area contributed by atoms with Crippen LogP contribution in [0, 0.1) is 0 Å². The molecule has 0 unspecified atom stereocenters. The molecule has 0 spiro atoms. The zero-order valence-corrected chi connectivity index (χ0v) is 24.6. The number of hydrogen-bond donors (Lipinski definition) is 2. The normalized spacial score (nSPS) is 13.3. The van der Waals surface area contributed by atoms with E-state index in [1.54, 1.807) is 13.8 Å². The molecule has 0 radical (unpaired) electrons. The molecule has 6 heteroatoms. The number of fused-ring (bicyclic) bond motifs is 3. The number of halogens is 2. The summed E-state index contributed by atoms with van der Waals surface area (Å²) in [5.41, 5.74) is 6.49. The lowest BCUT2D eigenvalue weighted by atomic mass is 9.70. The largest absolute Gasteiger partial charge is 0.325 e. The Labute approximate surface area is 227 Å². The van der Waals surface area contributed by atoms with Crippen LogP contribution in [0.5, 0.6) is 0 Å². The van der Waals surface area contributed by atoms with Crippen LogP contribution in [0.1, 0.15) is 103 Å². The van der Waals surface area contributed by atoms with Gasteiger partial charge in [0.1, 0.15) is 0 Å². The van der Waals surface area contributed by atoms with Crippen molar-refractivity contribution in [1.29, 1.82) is 0 Å². The molecule has 0 aliphatic heterocycles. The number of nitrogens with one attached hydrogen (secondary N) is 2. The molecule has 0 fully saturated rings. The van der Waals surface area contributed by atoms with Gasteiger partial charge in [0.2, 0.25) is 11.8 Å². The summed E-state index contributed by atoms with van der Waals surface area (Å²) >= 11 is 7.39. The molecule has 190 valence electrons. The predicted molar refractivity (Wildman–Crippen MR) is 154 cm³/mol. The number of rotatable bonds is 12. The van der Waals surface area contributed by atoms with Crippen LogP contribution >= 0.6 is 31.9 Å². The van der Waals surface area contributed by atoms with Gasteiger partial charge in [-0.3, -0.25) is 9.59 Å². The van der Waals surface area contributed by atoms with E-state index >= 15 is 0 Å². The first-order chi connectivity index (χ1) is 16.7. The van der Waals surface area contributed by atoms with Crippen molar-refractivity contribution in [2.45, 2.75) is 97.3 Å². The number of anilines is 2. The molecule has 2 amide bonds. The van der Waals surface area contributed by atoms with E-state index in [-0.39, 0.29) is 17.2 Å². The fourth-order valence-electron chi connectivity index (χ4n) is 5.47. The van der Waals surface area contributed by atoms with E-state index in [4.69, 9.17) is 0 Å². The first-order valence-corrected chi connectivity index (χ1v) is 14.6. The van der Waals surface area contributed by atoms with Crippen LogP contribution in [0.3, 0.4) is 0 Å². The minimum Gasteiger partial charge on any atom is -0.325 e. The summed E-state index contributed by atoms with van der Waals surface area (Å²) < 4.78 is 1.76. The lowest BCUT2D eigenvalue weighted by Gasteiger charge is -2.33. The van der Waals surface area contributed by atoms with Crippen LogP contribution in [-0.2, 0) is 15.0 Å². The highest BCUT2D eigenvalue weighted by molar-refractivity contribution is 9.11. The lowest BCUT2D eigenvalue weighted by molar-refractivity contribution is -0.115. The monoisotopic (exact) mass is 604 g/mol. The molecule has 0 aromatic heterocycles. The van der Waals surface area contributed by atoms with Gasteiger partial charge in [0, 0.05) is 28.2 Å². The Kier molecular flexibility index (Phi) is 10.00. The third kappa shape index (κ3) is 6.37. The van der Waals surface area contributed by atoms with Gasteiger partial charge in [-0.1, -0.05) is 65.2 Å². The molecule has 1 aliphatic rings. The average molecular weight is 606 g/mol. The maximum absolute atomic E-state index is 11.9. The van der Waals surface area contributed by atoms with E-state index < -0.39 is 0 Å². The highest BCUT2D eigenvalue weighted by Crippen LogP contribution is 2.57. The Bertz CT molecular complexity index is 995. The standard InChI is InChI=1S/C29H38Br2N2O2/c1-5-7-9-11-13-29(14-12-10-8-6-2)23-17-27(32-19(3)34)25(30)15-21(23)22-16-26(31)28(18-24(22)29)33-20(4)35/h15-18H,5-14H2,1-4H3,(H,32,34)(H,33,35). The Morgan fingerprint density at radius 3 is 1.43 bits per heavy atom. The molecule has 0 saturated carbocycles. The van der Waals surface area contributed by atoms with Gasteiger partial charge in [-0.2, -0.15) is 0 Å². The summed E-state index contributed by atoms with van der Waals surface area (Å²) in [6, 6.07) is 8.69. The fourth-order valence-corrected chi connectivity index (χ4v) is 6.36. The third-order valence-corrected chi connectivity index (χ3v) is 8.38. The van der Waals surface area contributed by atoms with Crippen molar-refractivity contribution in [2.75, 3.05) is 10.6 Å². The van der Waals surface area contributed by atoms with Crippen molar-refractivity contribution in [3.05, 3.63) is 44.3 Å². The smallest absolute Gasteiger partial charge is 0.221 e.